The van der Waals surface area contributed by atoms with E-state index >= 15 is 0 Å². The Kier molecular flexibility index (Phi) is 3.10. The lowest BCUT2D eigenvalue weighted by molar-refractivity contribution is 0.961. The summed E-state index contributed by atoms with van der Waals surface area (Å²) in [5.41, 5.74) is 1.84. The topological polar surface area (TPSA) is 23.8 Å². The Morgan fingerprint density at radius 3 is 2.67 bits per heavy atom. The molecule has 0 spiro atoms. The fourth-order valence-electron chi connectivity index (χ4n) is 0.961. The second-order valence-electron chi connectivity index (χ2n) is 2.79. The molecule has 1 unspecified atom stereocenters. The molecule has 0 N–H and O–H groups in total. The Labute approximate surface area is 86.5 Å². The van der Waals surface area contributed by atoms with Gasteiger partial charge in [0, 0.05) is 3.57 Å². The zero-order valence-corrected chi connectivity index (χ0v) is 9.00. The molecule has 0 saturated heterocycles. The maximum Gasteiger partial charge on any atom is 0.0992 e. The summed E-state index contributed by atoms with van der Waals surface area (Å²) in [4.78, 5) is 0. The van der Waals surface area contributed by atoms with Gasteiger partial charge in [0.1, 0.15) is 0 Å². The van der Waals surface area contributed by atoms with Crippen molar-refractivity contribution in [2.45, 2.75) is 12.8 Å². The molecule has 1 radical (unpaired) electrons. The third kappa shape index (κ3) is 2.21. The van der Waals surface area contributed by atoms with Gasteiger partial charge in [0.2, 0.25) is 0 Å². The van der Waals surface area contributed by atoms with E-state index in [2.05, 4.69) is 41.7 Å². The summed E-state index contributed by atoms with van der Waals surface area (Å²) in [5.74, 6) is 0.242. The number of benzene rings is 1. The normalized spacial score (nSPS) is 9.92. The van der Waals surface area contributed by atoms with Crippen molar-refractivity contribution in [3.8, 4) is 6.07 Å². The van der Waals surface area contributed by atoms with E-state index in [0.717, 1.165) is 9.13 Å². The fraction of sp³-hybridized carbons (Fsp3) is 0.200. The Bertz CT molecular complexity index is 323. The summed E-state index contributed by atoms with van der Waals surface area (Å²) in [6, 6.07) is 7.94. The van der Waals surface area contributed by atoms with Crippen LogP contribution in [-0.2, 0) is 0 Å². The lowest BCUT2D eigenvalue weighted by atomic mass is 10.0. The highest BCUT2D eigenvalue weighted by atomic mass is 127. The van der Waals surface area contributed by atoms with Crippen LogP contribution in [0.4, 0.5) is 0 Å². The van der Waals surface area contributed by atoms with E-state index in [0.29, 0.717) is 5.56 Å². The van der Waals surface area contributed by atoms with E-state index in [4.69, 9.17) is 5.26 Å². The fourth-order valence-corrected chi connectivity index (χ4v) is 1.66. The van der Waals surface area contributed by atoms with Crippen LogP contribution in [0.5, 0.6) is 0 Å². The first-order valence-electron chi connectivity index (χ1n) is 3.67. The van der Waals surface area contributed by atoms with E-state index in [1.54, 1.807) is 0 Å². The second-order valence-corrected chi connectivity index (χ2v) is 4.03. The molecule has 1 aromatic rings. The summed E-state index contributed by atoms with van der Waals surface area (Å²) < 4.78 is 1.09. The van der Waals surface area contributed by atoms with E-state index < -0.39 is 0 Å². The maximum atomic E-state index is 8.69. The highest BCUT2D eigenvalue weighted by Crippen LogP contribution is 2.18. The predicted molar refractivity (Wildman–Crippen MR) is 57.6 cm³/mol. The number of nitrogens with zero attached hydrogens (tertiary/aromatic N) is 1. The van der Waals surface area contributed by atoms with E-state index in [1.165, 1.54) is 0 Å². The Morgan fingerprint density at radius 2 is 2.17 bits per heavy atom. The zero-order valence-electron chi connectivity index (χ0n) is 6.84. The van der Waals surface area contributed by atoms with E-state index in [9.17, 15) is 0 Å². The largest absolute Gasteiger partial charge is 0.192 e. The first-order valence-corrected chi connectivity index (χ1v) is 4.75. The molecule has 0 aliphatic carbocycles. The Morgan fingerprint density at radius 1 is 1.50 bits per heavy atom. The van der Waals surface area contributed by atoms with Crippen molar-refractivity contribution in [3.05, 3.63) is 39.8 Å². The molecule has 0 amide bonds. The van der Waals surface area contributed by atoms with Crippen LogP contribution in [0.2, 0.25) is 0 Å². The van der Waals surface area contributed by atoms with Gasteiger partial charge in [-0.15, -0.1) is 0 Å². The minimum Gasteiger partial charge on any atom is -0.192 e. The van der Waals surface area contributed by atoms with Gasteiger partial charge in [0.05, 0.1) is 11.6 Å². The second kappa shape index (κ2) is 3.90. The van der Waals surface area contributed by atoms with Gasteiger partial charge in [0.15, 0.2) is 0 Å². The van der Waals surface area contributed by atoms with E-state index in [-0.39, 0.29) is 5.92 Å². The summed E-state index contributed by atoms with van der Waals surface area (Å²) in [6.07, 6.45) is 0. The SMILES string of the molecule is [CH2]C(C)c1cc(I)cc(C#N)c1. The molecule has 0 aliphatic heterocycles. The standard InChI is InChI=1S/C10H9IN/c1-7(2)9-3-8(6-12)4-10(11)5-9/h3-5,7H,1H2,2H3. The quantitative estimate of drug-likeness (QED) is 0.719. The summed E-state index contributed by atoms with van der Waals surface area (Å²) in [5, 5.41) is 8.69. The van der Waals surface area contributed by atoms with Crippen LogP contribution in [0.15, 0.2) is 18.2 Å². The maximum absolute atomic E-state index is 8.69. The average Bonchev–Trinajstić information content (AvgIpc) is 2.03. The van der Waals surface area contributed by atoms with Crippen LogP contribution in [0, 0.1) is 21.8 Å². The monoisotopic (exact) mass is 270 g/mol. The van der Waals surface area contributed by atoms with Crippen molar-refractivity contribution in [2.24, 2.45) is 0 Å². The lowest BCUT2D eigenvalue weighted by Crippen LogP contribution is -1.90. The van der Waals surface area contributed by atoms with Crippen LogP contribution >= 0.6 is 22.6 Å². The first kappa shape index (κ1) is 9.53. The third-order valence-corrected chi connectivity index (χ3v) is 2.24. The van der Waals surface area contributed by atoms with Crippen molar-refractivity contribution in [1.82, 2.24) is 0 Å². The summed E-state index contributed by atoms with van der Waals surface area (Å²) in [7, 11) is 0. The molecular formula is C10H9IN. The summed E-state index contributed by atoms with van der Waals surface area (Å²) >= 11 is 2.21. The van der Waals surface area contributed by atoms with Gasteiger partial charge < -0.3 is 0 Å². The number of nitriles is 1. The molecule has 0 bridgehead atoms. The average molecular weight is 270 g/mol. The molecule has 0 heterocycles. The molecule has 0 saturated carbocycles. The molecule has 0 aliphatic rings. The predicted octanol–water partition coefficient (Wildman–Crippen LogP) is 3.10. The van der Waals surface area contributed by atoms with Gasteiger partial charge >= 0.3 is 0 Å². The third-order valence-electron chi connectivity index (χ3n) is 1.62. The molecule has 1 atom stereocenters. The van der Waals surface area contributed by atoms with Crippen LogP contribution in [0.1, 0.15) is 24.0 Å². The molecule has 1 rings (SSSR count). The molecular weight excluding hydrogens is 261 g/mol. The number of halogens is 1. The van der Waals surface area contributed by atoms with Gasteiger partial charge in [-0.3, -0.25) is 0 Å². The lowest BCUT2D eigenvalue weighted by Gasteiger charge is -2.05. The molecule has 0 fully saturated rings. The van der Waals surface area contributed by atoms with Crippen LogP contribution in [0.3, 0.4) is 0 Å². The van der Waals surface area contributed by atoms with E-state index in [1.807, 2.05) is 19.1 Å². The number of hydrogen-bond donors (Lipinski definition) is 0. The van der Waals surface area contributed by atoms with Crippen LogP contribution in [0.25, 0.3) is 0 Å². The zero-order chi connectivity index (χ0) is 9.14. The molecule has 2 heteroatoms. The minimum atomic E-state index is 0.242. The van der Waals surface area contributed by atoms with Crippen molar-refractivity contribution >= 4 is 22.6 Å². The van der Waals surface area contributed by atoms with Gasteiger partial charge in [-0.25, -0.2) is 0 Å². The Hall–Kier alpha value is -0.560. The minimum absolute atomic E-state index is 0.242. The van der Waals surface area contributed by atoms with Crippen molar-refractivity contribution in [2.75, 3.05) is 0 Å². The molecule has 12 heavy (non-hydrogen) atoms. The van der Waals surface area contributed by atoms with Crippen molar-refractivity contribution in [1.29, 1.82) is 5.26 Å². The molecule has 1 aromatic carbocycles. The van der Waals surface area contributed by atoms with Gasteiger partial charge in [-0.2, -0.15) is 5.26 Å². The van der Waals surface area contributed by atoms with Crippen LogP contribution < -0.4 is 0 Å². The Balaban J connectivity index is 3.17. The highest BCUT2D eigenvalue weighted by Gasteiger charge is 2.02. The molecule has 61 valence electrons. The summed E-state index contributed by atoms with van der Waals surface area (Å²) in [6.45, 7) is 5.93. The number of rotatable bonds is 1. The van der Waals surface area contributed by atoms with Gasteiger partial charge in [-0.05, 0) is 59.2 Å². The van der Waals surface area contributed by atoms with Gasteiger partial charge in [-0.1, -0.05) is 6.92 Å². The molecule has 1 nitrogen and oxygen atoms in total. The van der Waals surface area contributed by atoms with Gasteiger partial charge in [0.25, 0.3) is 0 Å². The van der Waals surface area contributed by atoms with Crippen molar-refractivity contribution < 1.29 is 0 Å². The van der Waals surface area contributed by atoms with Crippen molar-refractivity contribution in [3.63, 3.8) is 0 Å². The van der Waals surface area contributed by atoms with Crippen LogP contribution in [-0.4, -0.2) is 0 Å². The first-order chi connectivity index (χ1) is 5.63. The smallest absolute Gasteiger partial charge is 0.0992 e. The molecule has 0 aromatic heterocycles. The highest BCUT2D eigenvalue weighted by molar-refractivity contribution is 14.1. The number of hydrogen-bond acceptors (Lipinski definition) is 1.